The van der Waals surface area contributed by atoms with Gasteiger partial charge in [-0.2, -0.15) is 0 Å². The number of halogens is 1. The van der Waals surface area contributed by atoms with Crippen LogP contribution < -0.4 is 5.32 Å². The summed E-state index contributed by atoms with van der Waals surface area (Å²) >= 11 is 0. The molecule has 0 radical (unpaired) electrons. The molecule has 0 bridgehead atoms. The van der Waals surface area contributed by atoms with Gasteiger partial charge in [0.15, 0.2) is 17.5 Å². The number of rotatable bonds is 2. The number of pyridine rings is 1. The number of hydrogen-bond donors (Lipinski definition) is 1. The Morgan fingerprint density at radius 3 is 2.17 bits per heavy atom. The summed E-state index contributed by atoms with van der Waals surface area (Å²) in [5.74, 6) is 0.306. The Balaban J connectivity index is 2.60. The Hall–Kier alpha value is -2.04. The largest absolute Gasteiger partial charge is 0.371 e. The van der Waals surface area contributed by atoms with Crippen LogP contribution in [0.5, 0.6) is 0 Å². The highest BCUT2D eigenvalue weighted by Crippen LogP contribution is 2.21. The van der Waals surface area contributed by atoms with E-state index in [0.717, 1.165) is 17.0 Å². The molecule has 5 heteroatoms. The van der Waals surface area contributed by atoms with Crippen LogP contribution in [0.3, 0.4) is 0 Å². The zero-order chi connectivity index (χ0) is 13.3. The number of hydrogen-bond acceptors (Lipinski definition) is 4. The Kier molecular flexibility index (Phi) is 3.23. The first kappa shape index (κ1) is 12.4. The number of anilines is 1. The average Bonchev–Trinajstić information content (AvgIpc) is 2.31. The van der Waals surface area contributed by atoms with Crippen LogP contribution in [-0.2, 0) is 0 Å². The molecule has 0 aromatic carbocycles. The van der Waals surface area contributed by atoms with E-state index < -0.39 is 5.82 Å². The number of nitrogens with one attached hydrogen (secondary N) is 1. The SMILES string of the molecule is CNc1nc(-c2cc(C)nc(C)c2)nc(C)c1F. The van der Waals surface area contributed by atoms with Crippen LogP contribution in [0.4, 0.5) is 10.2 Å². The topological polar surface area (TPSA) is 50.7 Å². The quantitative estimate of drug-likeness (QED) is 0.885. The second kappa shape index (κ2) is 4.68. The van der Waals surface area contributed by atoms with E-state index in [1.54, 1.807) is 14.0 Å². The normalized spacial score (nSPS) is 10.5. The lowest BCUT2D eigenvalue weighted by Crippen LogP contribution is -2.04. The Labute approximate surface area is 105 Å². The lowest BCUT2D eigenvalue weighted by atomic mass is 10.2. The van der Waals surface area contributed by atoms with Crippen molar-refractivity contribution < 1.29 is 4.39 Å². The van der Waals surface area contributed by atoms with Gasteiger partial charge < -0.3 is 5.32 Å². The summed E-state index contributed by atoms with van der Waals surface area (Å²) in [5, 5.41) is 2.73. The van der Waals surface area contributed by atoms with Crippen molar-refractivity contribution in [1.29, 1.82) is 0 Å². The van der Waals surface area contributed by atoms with Crippen LogP contribution in [-0.4, -0.2) is 22.0 Å². The van der Waals surface area contributed by atoms with Gasteiger partial charge in [0.25, 0.3) is 0 Å². The van der Waals surface area contributed by atoms with E-state index >= 15 is 0 Å². The van der Waals surface area contributed by atoms with Crippen LogP contribution in [0.15, 0.2) is 12.1 Å². The minimum absolute atomic E-state index is 0.213. The maximum atomic E-state index is 13.7. The van der Waals surface area contributed by atoms with Crippen molar-refractivity contribution >= 4 is 5.82 Å². The predicted molar refractivity (Wildman–Crippen MR) is 69.0 cm³/mol. The van der Waals surface area contributed by atoms with Gasteiger partial charge in [-0.15, -0.1) is 0 Å². The van der Waals surface area contributed by atoms with Gasteiger partial charge >= 0.3 is 0 Å². The number of nitrogens with zero attached hydrogens (tertiary/aromatic N) is 3. The van der Waals surface area contributed by atoms with E-state index in [-0.39, 0.29) is 5.82 Å². The summed E-state index contributed by atoms with van der Waals surface area (Å²) in [6.07, 6.45) is 0. The molecule has 0 saturated heterocycles. The van der Waals surface area contributed by atoms with Crippen molar-refractivity contribution in [2.45, 2.75) is 20.8 Å². The summed E-state index contributed by atoms with van der Waals surface area (Å²) < 4.78 is 13.7. The molecule has 0 aliphatic carbocycles. The summed E-state index contributed by atoms with van der Waals surface area (Å²) in [4.78, 5) is 12.7. The Morgan fingerprint density at radius 2 is 1.61 bits per heavy atom. The molecule has 4 nitrogen and oxygen atoms in total. The van der Waals surface area contributed by atoms with Gasteiger partial charge in [-0.1, -0.05) is 0 Å². The predicted octanol–water partition coefficient (Wildman–Crippen LogP) is 2.64. The zero-order valence-electron chi connectivity index (χ0n) is 10.9. The van der Waals surface area contributed by atoms with Crippen molar-refractivity contribution in [3.8, 4) is 11.4 Å². The van der Waals surface area contributed by atoms with Crippen molar-refractivity contribution in [3.05, 3.63) is 35.0 Å². The van der Waals surface area contributed by atoms with Crippen molar-refractivity contribution in [2.75, 3.05) is 12.4 Å². The molecule has 0 fully saturated rings. The van der Waals surface area contributed by atoms with Crippen LogP contribution in [0.25, 0.3) is 11.4 Å². The molecule has 2 aromatic rings. The average molecular weight is 246 g/mol. The Bertz CT molecular complexity index is 576. The molecule has 18 heavy (non-hydrogen) atoms. The first-order chi connectivity index (χ1) is 8.51. The molecule has 0 unspecified atom stereocenters. The fraction of sp³-hybridized carbons (Fsp3) is 0.308. The molecule has 2 aromatic heterocycles. The summed E-state index contributed by atoms with van der Waals surface area (Å²) in [6.45, 7) is 5.44. The van der Waals surface area contributed by atoms with Gasteiger partial charge in [0.2, 0.25) is 0 Å². The maximum absolute atomic E-state index is 13.7. The van der Waals surface area contributed by atoms with Crippen LogP contribution >= 0.6 is 0 Å². The first-order valence-electron chi connectivity index (χ1n) is 5.69. The van der Waals surface area contributed by atoms with Crippen molar-refractivity contribution in [3.63, 3.8) is 0 Å². The molecule has 94 valence electrons. The minimum Gasteiger partial charge on any atom is -0.371 e. The van der Waals surface area contributed by atoms with Gasteiger partial charge in [-0.25, -0.2) is 14.4 Å². The van der Waals surface area contributed by atoms with E-state index in [1.165, 1.54) is 0 Å². The van der Waals surface area contributed by atoms with E-state index in [4.69, 9.17) is 0 Å². The third-order valence-electron chi connectivity index (χ3n) is 2.59. The zero-order valence-corrected chi connectivity index (χ0v) is 10.9. The van der Waals surface area contributed by atoms with Gasteiger partial charge in [0.1, 0.15) is 0 Å². The molecule has 0 aliphatic heterocycles. The first-order valence-corrected chi connectivity index (χ1v) is 5.69. The molecule has 0 saturated carbocycles. The van der Waals surface area contributed by atoms with Gasteiger partial charge in [0, 0.05) is 24.0 Å². The number of aryl methyl sites for hydroxylation is 3. The van der Waals surface area contributed by atoms with Crippen LogP contribution in [0, 0.1) is 26.6 Å². The smallest absolute Gasteiger partial charge is 0.186 e. The van der Waals surface area contributed by atoms with Crippen LogP contribution in [0.1, 0.15) is 17.1 Å². The third kappa shape index (κ3) is 2.30. The standard InChI is InChI=1S/C13H15FN4/c1-7-5-10(6-8(2)16-7)12-17-9(3)11(14)13(15-4)18-12/h5-6H,1-4H3,(H,15,17,18). The third-order valence-corrected chi connectivity index (χ3v) is 2.59. The monoisotopic (exact) mass is 246 g/mol. The molecule has 0 aliphatic rings. The van der Waals surface area contributed by atoms with Gasteiger partial charge in [-0.05, 0) is 32.9 Å². The maximum Gasteiger partial charge on any atom is 0.186 e. The molecular weight excluding hydrogens is 231 g/mol. The van der Waals surface area contributed by atoms with E-state index in [1.807, 2.05) is 26.0 Å². The molecule has 1 N–H and O–H groups in total. The fourth-order valence-corrected chi connectivity index (χ4v) is 1.82. The van der Waals surface area contributed by atoms with Crippen LogP contribution in [0.2, 0.25) is 0 Å². The highest BCUT2D eigenvalue weighted by Gasteiger charge is 2.12. The molecule has 2 rings (SSSR count). The van der Waals surface area contributed by atoms with Crippen molar-refractivity contribution in [2.24, 2.45) is 0 Å². The van der Waals surface area contributed by atoms with E-state index in [2.05, 4.69) is 20.3 Å². The molecule has 0 atom stereocenters. The fourth-order valence-electron chi connectivity index (χ4n) is 1.82. The molecule has 0 spiro atoms. The van der Waals surface area contributed by atoms with Gasteiger partial charge in [-0.3, -0.25) is 4.98 Å². The summed E-state index contributed by atoms with van der Waals surface area (Å²) in [6, 6.07) is 3.78. The van der Waals surface area contributed by atoms with E-state index in [9.17, 15) is 4.39 Å². The second-order valence-electron chi connectivity index (χ2n) is 4.18. The molecular formula is C13H15FN4. The van der Waals surface area contributed by atoms with Crippen molar-refractivity contribution in [1.82, 2.24) is 15.0 Å². The minimum atomic E-state index is -0.413. The lowest BCUT2D eigenvalue weighted by Gasteiger charge is -2.08. The number of aromatic nitrogens is 3. The molecule has 0 amide bonds. The Morgan fingerprint density at radius 1 is 1.00 bits per heavy atom. The summed E-state index contributed by atoms with van der Waals surface area (Å²) in [7, 11) is 1.64. The summed E-state index contributed by atoms with van der Waals surface area (Å²) in [5.41, 5.74) is 2.96. The van der Waals surface area contributed by atoms with Gasteiger partial charge in [0.05, 0.1) is 5.69 Å². The highest BCUT2D eigenvalue weighted by atomic mass is 19.1. The highest BCUT2D eigenvalue weighted by molar-refractivity contribution is 5.58. The molecule has 2 heterocycles. The second-order valence-corrected chi connectivity index (χ2v) is 4.18. The van der Waals surface area contributed by atoms with E-state index in [0.29, 0.717) is 11.5 Å². The lowest BCUT2D eigenvalue weighted by molar-refractivity contribution is 0.607.